The first-order chi connectivity index (χ1) is 14.1. The van der Waals surface area contributed by atoms with E-state index in [0.717, 1.165) is 38.1 Å². The Bertz CT molecular complexity index is 1130. The summed E-state index contributed by atoms with van der Waals surface area (Å²) in [5.41, 5.74) is 11.3. The van der Waals surface area contributed by atoms with Crippen LogP contribution in [0.2, 0.25) is 0 Å². The molecule has 0 aliphatic carbocycles. The van der Waals surface area contributed by atoms with Crippen LogP contribution in [-0.2, 0) is 0 Å². The summed E-state index contributed by atoms with van der Waals surface area (Å²) in [6.45, 7) is 2.05. The van der Waals surface area contributed by atoms with E-state index in [-0.39, 0.29) is 0 Å². The zero-order valence-electron chi connectivity index (χ0n) is 16.3. The number of nitrogens with two attached hydrogens (primary N) is 1. The van der Waals surface area contributed by atoms with Crippen LogP contribution in [0.5, 0.6) is 5.75 Å². The molecule has 0 bridgehead atoms. The molecule has 2 N–H and O–H groups in total. The highest BCUT2D eigenvalue weighted by atomic mass is 32.1. The summed E-state index contributed by atoms with van der Waals surface area (Å²) >= 11 is 1.53. The molecule has 0 aliphatic rings. The average molecular weight is 400 g/mol. The zero-order chi connectivity index (χ0) is 20.2. The summed E-state index contributed by atoms with van der Waals surface area (Å²) in [5, 5.41) is 1.68. The van der Waals surface area contributed by atoms with Crippen molar-refractivity contribution < 1.29 is 4.74 Å². The molecule has 0 saturated heterocycles. The fourth-order valence-electron chi connectivity index (χ4n) is 2.93. The van der Waals surface area contributed by atoms with Gasteiger partial charge in [0.05, 0.1) is 7.11 Å². The normalized spacial score (nSPS) is 11.4. The number of aromatic nitrogens is 1. The number of hydrogen-bond acceptors (Lipinski definition) is 4. The molecule has 0 fully saturated rings. The Balaban J connectivity index is 1.79. The summed E-state index contributed by atoms with van der Waals surface area (Å²) in [6.07, 6.45) is 0. The van der Waals surface area contributed by atoms with Gasteiger partial charge in [0.15, 0.2) is 0 Å². The number of benzene rings is 3. The standard InChI is InChI=1S/C24H21N3OS/c1-16-8-10-18(11-9-16)22(25)27-24-21(17-6-4-3-5-7-17)26-23(29-24)19-12-14-20(28-2)15-13-19/h3-15H,1-2H3,(H2,25,27). The van der Waals surface area contributed by atoms with E-state index in [4.69, 9.17) is 20.4 Å². The van der Waals surface area contributed by atoms with Crippen LogP contribution in [-0.4, -0.2) is 17.9 Å². The van der Waals surface area contributed by atoms with Gasteiger partial charge in [0.2, 0.25) is 0 Å². The van der Waals surface area contributed by atoms with Crippen molar-refractivity contribution in [1.82, 2.24) is 4.98 Å². The molecule has 0 radical (unpaired) electrons. The second-order valence-electron chi connectivity index (χ2n) is 6.63. The van der Waals surface area contributed by atoms with Gasteiger partial charge in [-0.2, -0.15) is 0 Å². The Morgan fingerprint density at radius 1 is 0.897 bits per heavy atom. The van der Waals surface area contributed by atoms with E-state index in [0.29, 0.717) is 5.84 Å². The van der Waals surface area contributed by atoms with E-state index >= 15 is 0 Å². The van der Waals surface area contributed by atoms with E-state index in [1.807, 2.05) is 78.9 Å². The minimum absolute atomic E-state index is 0.479. The molecule has 0 amide bonds. The molecule has 0 aliphatic heterocycles. The molecular weight excluding hydrogens is 378 g/mol. The van der Waals surface area contributed by atoms with Crippen LogP contribution >= 0.6 is 11.3 Å². The van der Waals surface area contributed by atoms with E-state index in [9.17, 15) is 0 Å². The summed E-state index contributed by atoms with van der Waals surface area (Å²) in [6, 6.07) is 26.0. The van der Waals surface area contributed by atoms with Crippen molar-refractivity contribution in [3.05, 3.63) is 90.0 Å². The highest BCUT2D eigenvalue weighted by Gasteiger charge is 2.15. The first kappa shape index (κ1) is 18.9. The van der Waals surface area contributed by atoms with Crippen molar-refractivity contribution in [1.29, 1.82) is 0 Å². The monoisotopic (exact) mass is 399 g/mol. The largest absolute Gasteiger partial charge is 0.497 e. The molecule has 5 heteroatoms. The Hall–Kier alpha value is -3.44. The molecule has 4 rings (SSSR count). The molecule has 0 atom stereocenters. The Morgan fingerprint density at radius 2 is 1.59 bits per heavy atom. The first-order valence-electron chi connectivity index (χ1n) is 9.26. The summed E-state index contributed by atoms with van der Waals surface area (Å²) in [7, 11) is 1.66. The van der Waals surface area contributed by atoms with Crippen LogP contribution in [0.4, 0.5) is 5.00 Å². The quantitative estimate of drug-likeness (QED) is 0.339. The number of hydrogen-bond donors (Lipinski definition) is 1. The van der Waals surface area contributed by atoms with Crippen LogP contribution < -0.4 is 10.5 Å². The van der Waals surface area contributed by atoms with Crippen molar-refractivity contribution in [3.63, 3.8) is 0 Å². The van der Waals surface area contributed by atoms with Gasteiger partial charge in [-0.1, -0.05) is 71.5 Å². The van der Waals surface area contributed by atoms with Gasteiger partial charge < -0.3 is 10.5 Å². The van der Waals surface area contributed by atoms with Gasteiger partial charge in [0.1, 0.15) is 27.3 Å². The van der Waals surface area contributed by atoms with E-state index in [2.05, 4.69) is 6.92 Å². The molecule has 4 nitrogen and oxygen atoms in total. The minimum Gasteiger partial charge on any atom is -0.497 e. The molecule has 3 aromatic carbocycles. The fourth-order valence-corrected chi connectivity index (χ4v) is 3.91. The average Bonchev–Trinajstić information content (AvgIpc) is 3.18. The third kappa shape index (κ3) is 4.20. The smallest absolute Gasteiger partial charge is 0.146 e. The molecule has 0 spiro atoms. The molecular formula is C24H21N3OS. The number of amidine groups is 1. The number of aliphatic imine (C=N–C) groups is 1. The Kier molecular flexibility index (Phi) is 5.40. The highest BCUT2D eigenvalue weighted by molar-refractivity contribution is 7.19. The second-order valence-corrected chi connectivity index (χ2v) is 7.61. The van der Waals surface area contributed by atoms with Gasteiger partial charge in [-0.05, 0) is 31.2 Å². The zero-order valence-corrected chi connectivity index (χ0v) is 17.1. The molecule has 0 saturated carbocycles. The van der Waals surface area contributed by atoms with Gasteiger partial charge in [-0.15, -0.1) is 0 Å². The van der Waals surface area contributed by atoms with Gasteiger partial charge in [0.25, 0.3) is 0 Å². The lowest BCUT2D eigenvalue weighted by molar-refractivity contribution is 0.415. The van der Waals surface area contributed by atoms with Crippen LogP contribution in [0.25, 0.3) is 21.8 Å². The highest BCUT2D eigenvalue weighted by Crippen LogP contribution is 2.40. The molecule has 4 aromatic rings. The number of rotatable bonds is 5. The van der Waals surface area contributed by atoms with E-state index < -0.39 is 0 Å². The SMILES string of the molecule is COc1ccc(-c2nc(-c3ccccc3)c(/N=C(\N)c3ccc(C)cc3)s2)cc1. The van der Waals surface area contributed by atoms with Crippen LogP contribution in [0.15, 0.2) is 83.9 Å². The molecule has 0 unspecified atom stereocenters. The van der Waals surface area contributed by atoms with Gasteiger partial charge in [0, 0.05) is 16.7 Å². The lowest BCUT2D eigenvalue weighted by atomic mass is 10.1. The molecule has 1 heterocycles. The van der Waals surface area contributed by atoms with Crippen LogP contribution in [0.3, 0.4) is 0 Å². The van der Waals surface area contributed by atoms with E-state index in [1.165, 1.54) is 16.9 Å². The predicted molar refractivity (Wildman–Crippen MR) is 121 cm³/mol. The maximum Gasteiger partial charge on any atom is 0.146 e. The number of methoxy groups -OCH3 is 1. The van der Waals surface area contributed by atoms with Crippen LogP contribution in [0.1, 0.15) is 11.1 Å². The first-order valence-corrected chi connectivity index (χ1v) is 10.1. The van der Waals surface area contributed by atoms with E-state index in [1.54, 1.807) is 7.11 Å². The number of nitrogens with zero attached hydrogens (tertiary/aromatic N) is 2. The number of ether oxygens (including phenoxy) is 1. The summed E-state index contributed by atoms with van der Waals surface area (Å²) in [5.74, 6) is 1.29. The minimum atomic E-state index is 0.479. The Labute approximate surface area is 174 Å². The van der Waals surface area contributed by atoms with Crippen molar-refractivity contribution in [3.8, 4) is 27.6 Å². The topological polar surface area (TPSA) is 60.5 Å². The molecule has 29 heavy (non-hydrogen) atoms. The molecule has 1 aromatic heterocycles. The fraction of sp³-hybridized carbons (Fsp3) is 0.0833. The third-order valence-electron chi connectivity index (χ3n) is 4.56. The lowest BCUT2D eigenvalue weighted by Crippen LogP contribution is -2.12. The Morgan fingerprint density at radius 3 is 2.24 bits per heavy atom. The van der Waals surface area contributed by atoms with Crippen LogP contribution in [0, 0.1) is 6.92 Å². The molecule has 144 valence electrons. The number of thiazole rings is 1. The van der Waals surface area contributed by atoms with Gasteiger partial charge >= 0.3 is 0 Å². The van der Waals surface area contributed by atoms with Crippen molar-refractivity contribution >= 4 is 22.2 Å². The van der Waals surface area contributed by atoms with Gasteiger partial charge in [-0.3, -0.25) is 0 Å². The lowest BCUT2D eigenvalue weighted by Gasteiger charge is -2.02. The maximum atomic E-state index is 6.32. The third-order valence-corrected chi connectivity index (χ3v) is 5.56. The number of aryl methyl sites for hydroxylation is 1. The van der Waals surface area contributed by atoms with Gasteiger partial charge in [-0.25, -0.2) is 9.98 Å². The van der Waals surface area contributed by atoms with Crippen molar-refractivity contribution in [2.24, 2.45) is 10.7 Å². The maximum absolute atomic E-state index is 6.32. The van der Waals surface area contributed by atoms with Crippen molar-refractivity contribution in [2.75, 3.05) is 7.11 Å². The summed E-state index contributed by atoms with van der Waals surface area (Å²) in [4.78, 5) is 9.62. The van der Waals surface area contributed by atoms with Crippen molar-refractivity contribution in [2.45, 2.75) is 6.92 Å². The second kappa shape index (κ2) is 8.29. The summed E-state index contributed by atoms with van der Waals surface area (Å²) < 4.78 is 5.26. The predicted octanol–water partition coefficient (Wildman–Crippen LogP) is 5.83.